The maximum atomic E-state index is 12.9. The van der Waals surface area contributed by atoms with E-state index in [2.05, 4.69) is 5.32 Å². The van der Waals surface area contributed by atoms with Gasteiger partial charge in [-0.1, -0.05) is 17.7 Å². The standard InChI is InChI=1S/C16H20N2O6S2/c1-11-2-4-13(5-3-11)25(21,22)16-7-6-14(26(17,23)24)8-15(16)18-9-12(20)10-19/h2-8,12,18-20H,9-10H2,1H3,(H2,17,23,24). The monoisotopic (exact) mass is 400 g/mol. The van der Waals surface area contributed by atoms with Crippen molar-refractivity contribution in [2.75, 3.05) is 18.5 Å². The van der Waals surface area contributed by atoms with Crippen molar-refractivity contribution in [1.82, 2.24) is 0 Å². The predicted octanol–water partition coefficient (Wildman–Crippen LogP) is 0.240. The van der Waals surface area contributed by atoms with Gasteiger partial charge in [0.2, 0.25) is 19.9 Å². The van der Waals surface area contributed by atoms with Crippen molar-refractivity contribution in [1.29, 1.82) is 0 Å². The molecule has 0 saturated carbocycles. The highest BCUT2D eigenvalue weighted by molar-refractivity contribution is 7.91. The third-order valence-corrected chi connectivity index (χ3v) is 6.38. The van der Waals surface area contributed by atoms with Crippen LogP contribution in [0.5, 0.6) is 0 Å². The minimum atomic E-state index is -4.05. The van der Waals surface area contributed by atoms with Crippen LogP contribution in [0, 0.1) is 6.92 Å². The largest absolute Gasteiger partial charge is 0.394 e. The first kappa shape index (κ1) is 20.3. The van der Waals surface area contributed by atoms with Crippen LogP contribution in [0.2, 0.25) is 0 Å². The Morgan fingerprint density at radius 2 is 1.62 bits per heavy atom. The zero-order valence-electron chi connectivity index (χ0n) is 14.0. The molecule has 10 heteroatoms. The average Bonchev–Trinajstić information content (AvgIpc) is 2.58. The fourth-order valence-electron chi connectivity index (χ4n) is 2.20. The van der Waals surface area contributed by atoms with Crippen LogP contribution in [-0.2, 0) is 19.9 Å². The quantitative estimate of drug-likeness (QED) is 0.520. The number of nitrogens with one attached hydrogen (secondary N) is 1. The second-order valence-electron chi connectivity index (χ2n) is 5.74. The Hall–Kier alpha value is -1.98. The Bertz CT molecular complexity index is 986. The smallest absolute Gasteiger partial charge is 0.238 e. The first-order valence-corrected chi connectivity index (χ1v) is 10.6. The molecule has 0 bridgehead atoms. The first-order valence-electron chi connectivity index (χ1n) is 7.57. The number of aliphatic hydroxyl groups is 2. The summed E-state index contributed by atoms with van der Waals surface area (Å²) in [6, 6.07) is 9.52. The Kier molecular flexibility index (Phi) is 6.04. The molecule has 0 fully saturated rings. The summed E-state index contributed by atoms with van der Waals surface area (Å²) in [6.45, 7) is 1.10. The van der Waals surface area contributed by atoms with E-state index in [0.717, 1.165) is 23.8 Å². The first-order chi connectivity index (χ1) is 12.1. The number of sulfone groups is 1. The second kappa shape index (κ2) is 7.72. The van der Waals surface area contributed by atoms with Gasteiger partial charge in [0.05, 0.1) is 33.1 Å². The lowest BCUT2D eigenvalue weighted by molar-refractivity contribution is 0.105. The molecule has 0 amide bonds. The molecule has 0 aliphatic heterocycles. The number of hydrogen-bond acceptors (Lipinski definition) is 7. The van der Waals surface area contributed by atoms with Crippen molar-refractivity contribution in [2.45, 2.75) is 27.7 Å². The number of primary sulfonamides is 1. The SMILES string of the molecule is Cc1ccc(S(=O)(=O)c2ccc(S(N)(=O)=O)cc2NCC(O)CO)cc1. The number of sulfonamides is 1. The number of aliphatic hydroxyl groups excluding tert-OH is 2. The molecule has 0 aliphatic rings. The van der Waals surface area contributed by atoms with Gasteiger partial charge in [0, 0.05) is 6.54 Å². The van der Waals surface area contributed by atoms with Gasteiger partial charge in [0.25, 0.3) is 0 Å². The van der Waals surface area contributed by atoms with Gasteiger partial charge in [-0.25, -0.2) is 22.0 Å². The van der Waals surface area contributed by atoms with Crippen LogP contribution in [-0.4, -0.2) is 46.3 Å². The van der Waals surface area contributed by atoms with Crippen LogP contribution in [0.3, 0.4) is 0 Å². The fourth-order valence-corrected chi connectivity index (χ4v) is 4.15. The summed E-state index contributed by atoms with van der Waals surface area (Å²) in [5.41, 5.74) is 0.850. The van der Waals surface area contributed by atoms with Crippen LogP contribution in [0.4, 0.5) is 5.69 Å². The molecular formula is C16H20N2O6S2. The van der Waals surface area contributed by atoms with E-state index in [-0.39, 0.29) is 26.9 Å². The average molecular weight is 400 g/mol. The predicted molar refractivity (Wildman–Crippen MR) is 96.0 cm³/mol. The van der Waals surface area contributed by atoms with E-state index in [1.165, 1.54) is 12.1 Å². The van der Waals surface area contributed by atoms with E-state index in [4.69, 9.17) is 10.2 Å². The molecule has 142 valence electrons. The van der Waals surface area contributed by atoms with Crippen molar-refractivity contribution in [3.05, 3.63) is 48.0 Å². The Labute approximate surface area is 152 Å². The molecule has 0 heterocycles. The zero-order valence-corrected chi connectivity index (χ0v) is 15.6. The number of nitrogens with two attached hydrogens (primary N) is 1. The second-order valence-corrected chi connectivity index (χ2v) is 9.22. The number of hydrogen-bond donors (Lipinski definition) is 4. The van der Waals surface area contributed by atoms with Crippen LogP contribution in [0.25, 0.3) is 0 Å². The molecule has 8 nitrogen and oxygen atoms in total. The fraction of sp³-hybridized carbons (Fsp3) is 0.250. The molecule has 2 aromatic carbocycles. The van der Waals surface area contributed by atoms with E-state index < -0.39 is 32.6 Å². The van der Waals surface area contributed by atoms with Gasteiger partial charge < -0.3 is 15.5 Å². The van der Waals surface area contributed by atoms with Gasteiger partial charge in [-0.15, -0.1) is 0 Å². The van der Waals surface area contributed by atoms with Gasteiger partial charge in [0.15, 0.2) is 0 Å². The summed E-state index contributed by atoms with van der Waals surface area (Å²) < 4.78 is 48.9. The molecule has 0 aromatic heterocycles. The van der Waals surface area contributed by atoms with Crippen LogP contribution in [0.15, 0.2) is 57.2 Å². The van der Waals surface area contributed by atoms with E-state index >= 15 is 0 Å². The topological polar surface area (TPSA) is 147 Å². The molecule has 2 aromatic rings. The minimum Gasteiger partial charge on any atom is -0.394 e. The summed E-state index contributed by atoms with van der Waals surface area (Å²) >= 11 is 0. The Morgan fingerprint density at radius 1 is 1.04 bits per heavy atom. The van der Waals surface area contributed by atoms with Gasteiger partial charge in [-0.3, -0.25) is 0 Å². The van der Waals surface area contributed by atoms with Crippen molar-refractivity contribution in [3.8, 4) is 0 Å². The number of rotatable bonds is 7. The van der Waals surface area contributed by atoms with E-state index in [1.807, 2.05) is 6.92 Å². The lowest BCUT2D eigenvalue weighted by atomic mass is 10.2. The number of benzene rings is 2. The van der Waals surface area contributed by atoms with E-state index in [1.54, 1.807) is 12.1 Å². The summed E-state index contributed by atoms with van der Waals surface area (Å²) in [4.78, 5) is -0.405. The van der Waals surface area contributed by atoms with Gasteiger partial charge in [0.1, 0.15) is 0 Å². The minimum absolute atomic E-state index is 0.0374. The molecule has 0 aliphatic carbocycles. The van der Waals surface area contributed by atoms with E-state index in [0.29, 0.717) is 0 Å². The molecule has 5 N–H and O–H groups in total. The lowest BCUT2D eigenvalue weighted by Crippen LogP contribution is -2.24. The Balaban J connectivity index is 2.57. The van der Waals surface area contributed by atoms with Crippen LogP contribution >= 0.6 is 0 Å². The van der Waals surface area contributed by atoms with Gasteiger partial charge >= 0.3 is 0 Å². The summed E-state index contributed by atoms with van der Waals surface area (Å²) in [5, 5.41) is 26.1. The molecule has 0 spiro atoms. The maximum Gasteiger partial charge on any atom is 0.238 e. The Morgan fingerprint density at radius 3 is 2.15 bits per heavy atom. The van der Waals surface area contributed by atoms with Crippen molar-refractivity contribution >= 4 is 25.5 Å². The summed E-state index contributed by atoms with van der Waals surface area (Å²) in [7, 11) is -7.99. The maximum absolute atomic E-state index is 12.9. The highest BCUT2D eigenvalue weighted by atomic mass is 32.2. The molecule has 1 unspecified atom stereocenters. The summed E-state index contributed by atoms with van der Waals surface area (Å²) in [6.07, 6.45) is -1.15. The molecule has 2 rings (SSSR count). The third-order valence-electron chi connectivity index (χ3n) is 3.64. The summed E-state index contributed by atoms with van der Waals surface area (Å²) in [5.74, 6) is 0. The number of aryl methyl sites for hydroxylation is 1. The highest BCUT2D eigenvalue weighted by Crippen LogP contribution is 2.30. The van der Waals surface area contributed by atoms with Crippen molar-refractivity contribution < 1.29 is 27.0 Å². The van der Waals surface area contributed by atoms with Crippen molar-refractivity contribution in [3.63, 3.8) is 0 Å². The highest BCUT2D eigenvalue weighted by Gasteiger charge is 2.23. The third kappa shape index (κ3) is 4.59. The van der Waals surface area contributed by atoms with Crippen molar-refractivity contribution in [2.24, 2.45) is 5.14 Å². The molecule has 0 saturated heterocycles. The molecular weight excluding hydrogens is 380 g/mol. The number of anilines is 1. The zero-order chi connectivity index (χ0) is 19.5. The normalized spacial score (nSPS) is 13.4. The molecule has 0 radical (unpaired) electrons. The lowest BCUT2D eigenvalue weighted by Gasteiger charge is -2.16. The van der Waals surface area contributed by atoms with Gasteiger partial charge in [-0.05, 0) is 37.3 Å². The van der Waals surface area contributed by atoms with E-state index in [9.17, 15) is 21.9 Å². The van der Waals surface area contributed by atoms with Gasteiger partial charge in [-0.2, -0.15) is 0 Å². The molecule has 1 atom stereocenters. The van der Waals surface area contributed by atoms with Crippen LogP contribution < -0.4 is 10.5 Å². The van der Waals surface area contributed by atoms with Crippen LogP contribution in [0.1, 0.15) is 5.56 Å². The molecule has 26 heavy (non-hydrogen) atoms.